The molecule has 4 heterocycles. The summed E-state index contributed by atoms with van der Waals surface area (Å²) in [7, 11) is -1.60. The summed E-state index contributed by atoms with van der Waals surface area (Å²) in [5, 5.41) is 10.8. The van der Waals surface area contributed by atoms with Crippen molar-refractivity contribution < 1.29 is 17.9 Å². The number of hydrogen-bond donors (Lipinski definition) is 3. The Kier molecular flexibility index (Phi) is 6.88. The molecule has 0 saturated carbocycles. The van der Waals surface area contributed by atoms with Crippen molar-refractivity contribution in [3.05, 3.63) is 23.6 Å². The van der Waals surface area contributed by atoms with Crippen molar-refractivity contribution in [2.75, 3.05) is 29.6 Å². The van der Waals surface area contributed by atoms with Gasteiger partial charge < -0.3 is 20.1 Å². The van der Waals surface area contributed by atoms with Gasteiger partial charge in [-0.1, -0.05) is 41.1 Å². The van der Waals surface area contributed by atoms with Gasteiger partial charge in [-0.05, 0) is 0 Å². The molecule has 3 unspecified atom stereocenters. The van der Waals surface area contributed by atoms with Crippen LogP contribution in [0.2, 0.25) is 5.02 Å². The van der Waals surface area contributed by atoms with Gasteiger partial charge in [-0.2, -0.15) is 10.1 Å². The van der Waals surface area contributed by atoms with Crippen LogP contribution in [0.1, 0.15) is 6.92 Å². The average molecular weight is 584 g/mol. The SMILES string of the molecule is CC(I)CS(=O)(=O)N[C@H]1COC2C1OC[C@@H]2Nc1nc(Nc2cnn(C)c2)ncc1Cl. The molecule has 2 fully saturated rings. The van der Waals surface area contributed by atoms with Gasteiger partial charge in [-0.15, -0.1) is 0 Å². The first-order valence-corrected chi connectivity index (χ1v) is 12.9. The molecule has 2 aliphatic rings. The van der Waals surface area contributed by atoms with Crippen LogP contribution < -0.4 is 15.4 Å². The van der Waals surface area contributed by atoms with Crippen molar-refractivity contribution >= 4 is 61.7 Å². The highest BCUT2D eigenvalue weighted by Gasteiger charge is 2.49. The lowest BCUT2D eigenvalue weighted by atomic mass is 10.1. The topological polar surface area (TPSA) is 132 Å². The van der Waals surface area contributed by atoms with E-state index in [1.807, 2.05) is 14.0 Å². The largest absolute Gasteiger partial charge is 0.371 e. The van der Waals surface area contributed by atoms with Crippen LogP contribution in [0, 0.1) is 0 Å². The summed E-state index contributed by atoms with van der Waals surface area (Å²) in [5.74, 6) is 0.844. The lowest BCUT2D eigenvalue weighted by molar-refractivity contribution is 0.0690. The van der Waals surface area contributed by atoms with Crippen LogP contribution in [0.25, 0.3) is 0 Å². The maximum Gasteiger partial charge on any atom is 0.229 e. The maximum absolute atomic E-state index is 12.3. The fraction of sp³-hybridized carbons (Fsp3) is 0.588. The van der Waals surface area contributed by atoms with Gasteiger partial charge in [0.25, 0.3) is 0 Å². The predicted molar refractivity (Wildman–Crippen MR) is 125 cm³/mol. The van der Waals surface area contributed by atoms with Crippen molar-refractivity contribution in [3.63, 3.8) is 0 Å². The van der Waals surface area contributed by atoms with E-state index in [-0.39, 0.29) is 34.5 Å². The Morgan fingerprint density at radius 3 is 2.68 bits per heavy atom. The summed E-state index contributed by atoms with van der Waals surface area (Å²) >= 11 is 8.37. The highest BCUT2D eigenvalue weighted by atomic mass is 127. The molecule has 0 bridgehead atoms. The Hall–Kier alpha value is -1.26. The highest BCUT2D eigenvalue weighted by Crippen LogP contribution is 2.31. The molecule has 11 nitrogen and oxygen atoms in total. The normalized spacial score (nSPS) is 26.6. The van der Waals surface area contributed by atoms with Gasteiger partial charge >= 0.3 is 0 Å². The van der Waals surface area contributed by atoms with Crippen LogP contribution in [0.5, 0.6) is 0 Å². The first-order chi connectivity index (χ1) is 14.7. The van der Waals surface area contributed by atoms with Gasteiger partial charge in [0.05, 0.1) is 49.1 Å². The molecule has 5 atom stereocenters. The van der Waals surface area contributed by atoms with E-state index in [0.29, 0.717) is 23.4 Å². The summed E-state index contributed by atoms with van der Waals surface area (Å²) in [6.07, 6.45) is 4.25. The Morgan fingerprint density at radius 1 is 1.29 bits per heavy atom. The first-order valence-electron chi connectivity index (χ1n) is 9.62. The van der Waals surface area contributed by atoms with Crippen LogP contribution in [-0.4, -0.2) is 75.3 Å². The van der Waals surface area contributed by atoms with Gasteiger partial charge in [0.1, 0.15) is 17.2 Å². The van der Waals surface area contributed by atoms with E-state index in [4.69, 9.17) is 21.1 Å². The number of aryl methyl sites for hydroxylation is 1. The number of fused-ring (bicyclic) bond motifs is 1. The zero-order chi connectivity index (χ0) is 22.2. The van der Waals surface area contributed by atoms with Crippen LogP contribution >= 0.6 is 34.2 Å². The van der Waals surface area contributed by atoms with E-state index in [2.05, 4.69) is 53.0 Å². The molecule has 2 saturated heterocycles. The molecule has 4 rings (SSSR count). The summed E-state index contributed by atoms with van der Waals surface area (Å²) in [5.41, 5.74) is 0.745. The molecule has 2 aliphatic heterocycles. The molecule has 0 spiro atoms. The average Bonchev–Trinajstić information content (AvgIpc) is 3.36. The number of nitrogens with zero attached hydrogens (tertiary/aromatic N) is 4. The number of alkyl halides is 1. The summed E-state index contributed by atoms with van der Waals surface area (Å²) in [6.45, 7) is 2.43. The third-order valence-electron chi connectivity index (χ3n) is 4.86. The molecule has 0 aromatic carbocycles. The zero-order valence-electron chi connectivity index (χ0n) is 16.8. The molecule has 3 N–H and O–H groups in total. The molecular weight excluding hydrogens is 561 g/mol. The van der Waals surface area contributed by atoms with Crippen LogP contribution in [0.3, 0.4) is 0 Å². The number of sulfonamides is 1. The van der Waals surface area contributed by atoms with E-state index in [1.54, 1.807) is 17.1 Å². The lowest BCUT2D eigenvalue weighted by Crippen LogP contribution is -2.46. The smallest absolute Gasteiger partial charge is 0.229 e. The number of ether oxygens (including phenoxy) is 2. The van der Waals surface area contributed by atoms with E-state index < -0.39 is 16.1 Å². The molecule has 0 amide bonds. The van der Waals surface area contributed by atoms with Crippen molar-refractivity contribution in [3.8, 4) is 0 Å². The van der Waals surface area contributed by atoms with Gasteiger partial charge in [0.2, 0.25) is 16.0 Å². The number of halogens is 2. The van der Waals surface area contributed by atoms with E-state index in [9.17, 15) is 8.42 Å². The zero-order valence-corrected chi connectivity index (χ0v) is 20.6. The Morgan fingerprint density at radius 2 is 2.00 bits per heavy atom. The number of aromatic nitrogens is 4. The van der Waals surface area contributed by atoms with Crippen molar-refractivity contribution in [2.45, 2.75) is 35.1 Å². The highest BCUT2D eigenvalue weighted by molar-refractivity contribution is 14.1. The minimum absolute atomic E-state index is 0.00140. The van der Waals surface area contributed by atoms with Crippen molar-refractivity contribution in [1.82, 2.24) is 24.5 Å². The van der Waals surface area contributed by atoms with Crippen LogP contribution in [0.15, 0.2) is 18.6 Å². The van der Waals surface area contributed by atoms with Gasteiger partial charge in [-0.3, -0.25) is 4.68 Å². The maximum atomic E-state index is 12.3. The summed E-state index contributed by atoms with van der Waals surface area (Å²) < 4.78 is 40.7. The molecule has 0 radical (unpaired) electrons. The van der Waals surface area contributed by atoms with Gasteiger partial charge in [0, 0.05) is 17.2 Å². The Labute approximate surface area is 198 Å². The second kappa shape index (κ2) is 9.31. The minimum atomic E-state index is -3.41. The second-order valence-corrected chi connectivity index (χ2v) is 11.9. The van der Waals surface area contributed by atoms with Gasteiger partial charge in [-0.25, -0.2) is 18.1 Å². The quantitative estimate of drug-likeness (QED) is 0.311. The molecule has 31 heavy (non-hydrogen) atoms. The van der Waals surface area contributed by atoms with E-state index in [1.165, 1.54) is 6.20 Å². The lowest BCUT2D eigenvalue weighted by Gasteiger charge is -2.19. The minimum Gasteiger partial charge on any atom is -0.371 e. The third kappa shape index (κ3) is 5.57. The van der Waals surface area contributed by atoms with Gasteiger partial charge in [0.15, 0.2) is 5.82 Å². The molecule has 2 aromatic rings. The number of hydrogen-bond acceptors (Lipinski definition) is 9. The fourth-order valence-corrected chi connectivity index (χ4v) is 6.55. The molecule has 14 heteroatoms. The fourth-order valence-electron chi connectivity index (χ4n) is 3.62. The summed E-state index contributed by atoms with van der Waals surface area (Å²) in [6, 6.07) is -0.665. The summed E-state index contributed by atoms with van der Waals surface area (Å²) in [4.78, 5) is 8.63. The second-order valence-electron chi connectivity index (χ2n) is 7.55. The number of rotatable bonds is 8. The third-order valence-corrected chi connectivity index (χ3v) is 7.78. The van der Waals surface area contributed by atoms with E-state index >= 15 is 0 Å². The van der Waals surface area contributed by atoms with Crippen LogP contribution in [0.4, 0.5) is 17.5 Å². The standard InChI is InChI=1S/C17H23ClIN7O4S/c1-9(19)8-31(27,28)25-13-7-30-14-12(6-29-15(13)14)23-16-11(18)4-20-17(24-16)22-10-3-21-26(2)5-10/h3-5,9,12-15,25H,6-8H2,1-2H3,(H2,20,22,23,24)/t9?,12-,13-,14?,15?/m0/s1. The monoisotopic (exact) mass is 583 g/mol. The van der Waals surface area contributed by atoms with Crippen LogP contribution in [-0.2, 0) is 26.5 Å². The number of anilines is 3. The Bertz CT molecular complexity index is 1040. The molecule has 2 aromatic heterocycles. The molecule has 0 aliphatic carbocycles. The predicted octanol–water partition coefficient (Wildman–Crippen LogP) is 1.30. The molecule has 170 valence electrons. The molecular formula is C17H23ClIN7O4S. The van der Waals surface area contributed by atoms with Crippen molar-refractivity contribution in [1.29, 1.82) is 0 Å². The first kappa shape index (κ1) is 22.9. The number of nitrogens with one attached hydrogen (secondary N) is 3. The van der Waals surface area contributed by atoms with Crippen molar-refractivity contribution in [2.24, 2.45) is 7.05 Å². The Balaban J connectivity index is 1.41. The van der Waals surface area contributed by atoms with E-state index in [0.717, 1.165) is 5.69 Å².